The van der Waals surface area contributed by atoms with E-state index in [1.807, 2.05) is 25.2 Å². The van der Waals surface area contributed by atoms with Gasteiger partial charge in [-0.1, -0.05) is 23.7 Å². The summed E-state index contributed by atoms with van der Waals surface area (Å²) in [4.78, 5) is 0. The van der Waals surface area contributed by atoms with Crippen LogP contribution >= 0.6 is 11.6 Å². The predicted molar refractivity (Wildman–Crippen MR) is 75.3 cm³/mol. The SMILES string of the molecule is CNC(c1cccc(Cl)c1)c1cc(F)ccc1OC. The largest absolute Gasteiger partial charge is 0.496 e. The third-order valence-corrected chi connectivity index (χ3v) is 3.21. The van der Waals surface area contributed by atoms with Crippen molar-refractivity contribution >= 4 is 11.6 Å². The maximum Gasteiger partial charge on any atom is 0.124 e. The molecule has 0 bridgehead atoms. The molecule has 19 heavy (non-hydrogen) atoms. The van der Waals surface area contributed by atoms with E-state index in [-0.39, 0.29) is 11.9 Å². The van der Waals surface area contributed by atoms with Crippen molar-refractivity contribution in [3.63, 3.8) is 0 Å². The number of hydrogen-bond donors (Lipinski definition) is 1. The Labute approximate surface area is 117 Å². The normalized spacial score (nSPS) is 12.2. The Kier molecular flexibility index (Phi) is 4.40. The van der Waals surface area contributed by atoms with Crippen LogP contribution in [-0.4, -0.2) is 14.2 Å². The van der Waals surface area contributed by atoms with Crippen LogP contribution < -0.4 is 10.1 Å². The Morgan fingerprint density at radius 2 is 2.00 bits per heavy atom. The van der Waals surface area contributed by atoms with Gasteiger partial charge in [0.15, 0.2) is 0 Å². The highest BCUT2D eigenvalue weighted by molar-refractivity contribution is 6.30. The van der Waals surface area contributed by atoms with E-state index in [1.165, 1.54) is 12.1 Å². The highest BCUT2D eigenvalue weighted by atomic mass is 35.5. The Bertz CT molecular complexity index is 574. The summed E-state index contributed by atoms with van der Waals surface area (Å²) in [6, 6.07) is 11.8. The second-order valence-electron chi connectivity index (χ2n) is 4.16. The monoisotopic (exact) mass is 279 g/mol. The molecule has 100 valence electrons. The number of halogens is 2. The van der Waals surface area contributed by atoms with Crippen LogP contribution in [0, 0.1) is 5.82 Å². The summed E-state index contributed by atoms with van der Waals surface area (Å²) in [5.41, 5.74) is 1.70. The molecule has 0 fully saturated rings. The van der Waals surface area contributed by atoms with Crippen LogP contribution in [0.5, 0.6) is 5.75 Å². The number of nitrogens with one attached hydrogen (secondary N) is 1. The average Bonchev–Trinajstić information content (AvgIpc) is 2.40. The molecule has 4 heteroatoms. The van der Waals surface area contributed by atoms with E-state index < -0.39 is 0 Å². The zero-order valence-corrected chi connectivity index (χ0v) is 11.5. The van der Waals surface area contributed by atoms with E-state index in [0.29, 0.717) is 10.8 Å². The molecular formula is C15H15ClFNO. The summed E-state index contributed by atoms with van der Waals surface area (Å²) in [6.07, 6.45) is 0. The Balaban J connectivity index is 2.50. The molecule has 1 atom stereocenters. The fraction of sp³-hybridized carbons (Fsp3) is 0.200. The van der Waals surface area contributed by atoms with Gasteiger partial charge in [-0.25, -0.2) is 4.39 Å². The molecule has 0 heterocycles. The van der Waals surface area contributed by atoms with Crippen LogP contribution in [-0.2, 0) is 0 Å². The molecule has 0 saturated carbocycles. The lowest BCUT2D eigenvalue weighted by molar-refractivity contribution is 0.404. The zero-order chi connectivity index (χ0) is 13.8. The van der Waals surface area contributed by atoms with E-state index in [0.717, 1.165) is 11.1 Å². The molecular weight excluding hydrogens is 265 g/mol. The van der Waals surface area contributed by atoms with Gasteiger partial charge in [0.2, 0.25) is 0 Å². The molecule has 0 aliphatic rings. The highest BCUT2D eigenvalue weighted by Gasteiger charge is 2.17. The third kappa shape index (κ3) is 3.06. The van der Waals surface area contributed by atoms with E-state index in [2.05, 4.69) is 5.32 Å². The average molecular weight is 280 g/mol. The molecule has 1 unspecified atom stereocenters. The smallest absolute Gasteiger partial charge is 0.124 e. The van der Waals surface area contributed by atoms with Crippen molar-refractivity contribution in [2.24, 2.45) is 0 Å². The van der Waals surface area contributed by atoms with Gasteiger partial charge in [0, 0.05) is 10.6 Å². The van der Waals surface area contributed by atoms with Gasteiger partial charge in [-0.15, -0.1) is 0 Å². The number of hydrogen-bond acceptors (Lipinski definition) is 2. The summed E-state index contributed by atoms with van der Waals surface area (Å²) < 4.78 is 18.8. The second-order valence-corrected chi connectivity index (χ2v) is 4.60. The van der Waals surface area contributed by atoms with Crippen molar-refractivity contribution < 1.29 is 9.13 Å². The molecule has 0 radical (unpaired) electrons. The first kappa shape index (κ1) is 13.8. The van der Waals surface area contributed by atoms with Crippen molar-refractivity contribution in [1.29, 1.82) is 0 Å². The minimum absolute atomic E-state index is 0.177. The summed E-state index contributed by atoms with van der Waals surface area (Å²) >= 11 is 6.01. The Morgan fingerprint density at radius 1 is 1.21 bits per heavy atom. The molecule has 2 nitrogen and oxygen atoms in total. The molecule has 0 spiro atoms. The lowest BCUT2D eigenvalue weighted by atomic mass is 9.98. The minimum Gasteiger partial charge on any atom is -0.496 e. The van der Waals surface area contributed by atoms with E-state index >= 15 is 0 Å². The van der Waals surface area contributed by atoms with Crippen molar-refractivity contribution in [3.8, 4) is 5.75 Å². The van der Waals surface area contributed by atoms with Gasteiger partial charge >= 0.3 is 0 Å². The number of ether oxygens (including phenoxy) is 1. The lowest BCUT2D eigenvalue weighted by Crippen LogP contribution is -2.18. The first-order valence-corrected chi connectivity index (χ1v) is 6.29. The van der Waals surface area contributed by atoms with Crippen LogP contribution in [0.3, 0.4) is 0 Å². The van der Waals surface area contributed by atoms with Crippen LogP contribution in [0.15, 0.2) is 42.5 Å². The van der Waals surface area contributed by atoms with E-state index in [4.69, 9.17) is 16.3 Å². The summed E-state index contributed by atoms with van der Waals surface area (Å²) in [5, 5.41) is 3.80. The molecule has 2 aromatic carbocycles. The topological polar surface area (TPSA) is 21.3 Å². The maximum absolute atomic E-state index is 13.5. The molecule has 0 amide bonds. The molecule has 2 rings (SSSR count). The van der Waals surface area contributed by atoms with Gasteiger partial charge in [0.1, 0.15) is 11.6 Å². The fourth-order valence-electron chi connectivity index (χ4n) is 2.12. The minimum atomic E-state index is -0.293. The van der Waals surface area contributed by atoms with E-state index in [1.54, 1.807) is 19.2 Å². The van der Waals surface area contributed by atoms with Crippen molar-refractivity contribution in [2.45, 2.75) is 6.04 Å². The van der Waals surface area contributed by atoms with Gasteiger partial charge in [-0.3, -0.25) is 0 Å². The van der Waals surface area contributed by atoms with Crippen LogP contribution in [0.1, 0.15) is 17.2 Å². The molecule has 0 aliphatic carbocycles. The molecule has 0 saturated heterocycles. The fourth-order valence-corrected chi connectivity index (χ4v) is 2.32. The quantitative estimate of drug-likeness (QED) is 0.919. The molecule has 0 aromatic heterocycles. The Morgan fingerprint density at radius 3 is 2.63 bits per heavy atom. The summed E-state index contributed by atoms with van der Waals surface area (Å²) in [7, 11) is 3.39. The molecule has 0 aliphatic heterocycles. The van der Waals surface area contributed by atoms with Gasteiger partial charge in [-0.05, 0) is 42.9 Å². The number of rotatable bonds is 4. The highest BCUT2D eigenvalue weighted by Crippen LogP contribution is 2.31. The van der Waals surface area contributed by atoms with Crippen molar-refractivity contribution in [3.05, 3.63) is 64.4 Å². The lowest BCUT2D eigenvalue weighted by Gasteiger charge is -2.20. The van der Waals surface area contributed by atoms with E-state index in [9.17, 15) is 4.39 Å². The summed E-state index contributed by atoms with van der Waals surface area (Å²) in [5.74, 6) is 0.346. The van der Waals surface area contributed by atoms with Gasteiger partial charge < -0.3 is 10.1 Å². The van der Waals surface area contributed by atoms with Crippen LogP contribution in [0.2, 0.25) is 5.02 Å². The maximum atomic E-state index is 13.5. The van der Waals surface area contributed by atoms with Crippen LogP contribution in [0.25, 0.3) is 0 Å². The second kappa shape index (κ2) is 6.04. The van der Waals surface area contributed by atoms with Crippen molar-refractivity contribution in [1.82, 2.24) is 5.32 Å². The van der Waals surface area contributed by atoms with Crippen molar-refractivity contribution in [2.75, 3.05) is 14.2 Å². The molecule has 1 N–H and O–H groups in total. The number of benzene rings is 2. The van der Waals surface area contributed by atoms with Gasteiger partial charge in [0.25, 0.3) is 0 Å². The standard InChI is InChI=1S/C15H15ClFNO/c1-18-15(10-4-3-5-11(16)8-10)13-9-12(17)6-7-14(13)19-2/h3-9,15,18H,1-2H3. The first-order chi connectivity index (χ1) is 9.15. The zero-order valence-electron chi connectivity index (χ0n) is 10.8. The molecule has 2 aromatic rings. The Hall–Kier alpha value is -1.58. The van der Waals surface area contributed by atoms with Crippen LogP contribution in [0.4, 0.5) is 4.39 Å². The summed E-state index contributed by atoms with van der Waals surface area (Å²) in [6.45, 7) is 0. The third-order valence-electron chi connectivity index (χ3n) is 2.97. The number of methoxy groups -OCH3 is 1. The predicted octanol–water partition coefficient (Wildman–Crippen LogP) is 3.80. The van der Waals surface area contributed by atoms with Gasteiger partial charge in [0.05, 0.1) is 13.2 Å². The van der Waals surface area contributed by atoms with Gasteiger partial charge in [-0.2, -0.15) is 0 Å². The first-order valence-electron chi connectivity index (χ1n) is 5.92.